The molecule has 0 saturated carbocycles. The minimum atomic E-state index is -0.175. The van der Waals surface area contributed by atoms with Gasteiger partial charge in [-0.2, -0.15) is 0 Å². The maximum absolute atomic E-state index is 13.0. The molecule has 2 aromatic rings. The van der Waals surface area contributed by atoms with Crippen LogP contribution in [0.2, 0.25) is 0 Å². The van der Waals surface area contributed by atoms with E-state index in [9.17, 15) is 4.39 Å². The molecule has 1 heterocycles. The van der Waals surface area contributed by atoms with Crippen molar-refractivity contribution in [3.05, 3.63) is 65.5 Å². The average Bonchev–Trinajstić information content (AvgIpc) is 2.61. The highest BCUT2D eigenvalue weighted by molar-refractivity contribution is 7.99. The van der Waals surface area contributed by atoms with E-state index in [0.717, 1.165) is 13.1 Å². The molecular weight excluding hydrogens is 245 g/mol. The largest absolute Gasteiger partial charge is 0.311 e. The van der Waals surface area contributed by atoms with E-state index in [1.165, 1.54) is 28.2 Å². The van der Waals surface area contributed by atoms with Crippen LogP contribution in [0.25, 0.3) is 0 Å². The molecule has 0 amide bonds. The highest BCUT2D eigenvalue weighted by Gasteiger charge is 2.18. The van der Waals surface area contributed by atoms with Gasteiger partial charge in [0, 0.05) is 23.2 Å². The fourth-order valence-corrected chi connectivity index (χ4v) is 3.41. The molecule has 1 aliphatic rings. The van der Waals surface area contributed by atoms with Gasteiger partial charge in [-0.05, 0) is 29.3 Å². The Kier molecular flexibility index (Phi) is 3.35. The SMILES string of the molecule is Fc1ccc(C2CNCc3ccccc3S2)cc1. The summed E-state index contributed by atoms with van der Waals surface area (Å²) >= 11 is 1.85. The van der Waals surface area contributed by atoms with Gasteiger partial charge in [-0.1, -0.05) is 30.3 Å². The average molecular weight is 259 g/mol. The van der Waals surface area contributed by atoms with Crippen molar-refractivity contribution in [2.45, 2.75) is 16.7 Å². The van der Waals surface area contributed by atoms with Crippen molar-refractivity contribution in [3.63, 3.8) is 0 Å². The van der Waals surface area contributed by atoms with E-state index < -0.39 is 0 Å². The zero-order valence-corrected chi connectivity index (χ0v) is 10.7. The number of nitrogens with one attached hydrogen (secondary N) is 1. The molecule has 0 saturated heterocycles. The number of fused-ring (bicyclic) bond motifs is 1. The number of hydrogen-bond acceptors (Lipinski definition) is 2. The molecule has 1 N–H and O–H groups in total. The van der Waals surface area contributed by atoms with Gasteiger partial charge in [0.05, 0.1) is 0 Å². The van der Waals surface area contributed by atoms with Gasteiger partial charge in [-0.3, -0.25) is 0 Å². The summed E-state index contributed by atoms with van der Waals surface area (Å²) in [5.41, 5.74) is 2.51. The highest BCUT2D eigenvalue weighted by Crippen LogP contribution is 2.38. The van der Waals surface area contributed by atoms with Crippen LogP contribution in [0.3, 0.4) is 0 Å². The van der Waals surface area contributed by atoms with Crippen LogP contribution in [0.5, 0.6) is 0 Å². The summed E-state index contributed by atoms with van der Waals surface area (Å²) in [6.45, 7) is 1.81. The van der Waals surface area contributed by atoms with Crippen molar-refractivity contribution < 1.29 is 4.39 Å². The molecule has 3 rings (SSSR count). The lowest BCUT2D eigenvalue weighted by Gasteiger charge is -2.14. The topological polar surface area (TPSA) is 12.0 Å². The second kappa shape index (κ2) is 5.12. The second-order valence-electron chi connectivity index (χ2n) is 4.40. The van der Waals surface area contributed by atoms with Gasteiger partial charge >= 0.3 is 0 Å². The zero-order valence-electron chi connectivity index (χ0n) is 9.90. The summed E-state index contributed by atoms with van der Waals surface area (Å²) in [4.78, 5) is 1.32. The van der Waals surface area contributed by atoms with Crippen LogP contribution in [-0.2, 0) is 6.54 Å². The summed E-state index contributed by atoms with van der Waals surface area (Å²) in [5, 5.41) is 3.79. The Morgan fingerprint density at radius 2 is 1.83 bits per heavy atom. The monoisotopic (exact) mass is 259 g/mol. The van der Waals surface area contributed by atoms with E-state index in [1.54, 1.807) is 0 Å². The van der Waals surface area contributed by atoms with E-state index in [1.807, 2.05) is 23.9 Å². The van der Waals surface area contributed by atoms with Crippen LogP contribution in [0.1, 0.15) is 16.4 Å². The molecule has 1 aliphatic heterocycles. The predicted octanol–water partition coefficient (Wildman–Crippen LogP) is 3.76. The van der Waals surface area contributed by atoms with E-state index in [-0.39, 0.29) is 5.82 Å². The van der Waals surface area contributed by atoms with Crippen molar-refractivity contribution in [3.8, 4) is 0 Å². The predicted molar refractivity (Wildman–Crippen MR) is 73.1 cm³/mol. The molecule has 0 fully saturated rings. The second-order valence-corrected chi connectivity index (χ2v) is 5.64. The summed E-state index contributed by atoms with van der Waals surface area (Å²) in [5.74, 6) is -0.175. The van der Waals surface area contributed by atoms with Gasteiger partial charge in [0.1, 0.15) is 5.82 Å². The summed E-state index contributed by atoms with van der Waals surface area (Å²) in [6.07, 6.45) is 0. The molecule has 0 radical (unpaired) electrons. The molecule has 0 aliphatic carbocycles. The lowest BCUT2D eigenvalue weighted by molar-refractivity contribution is 0.625. The number of hydrogen-bond donors (Lipinski definition) is 1. The zero-order chi connectivity index (χ0) is 12.4. The Hall–Kier alpha value is -1.32. The van der Waals surface area contributed by atoms with Gasteiger partial charge in [-0.25, -0.2) is 4.39 Å². The van der Waals surface area contributed by atoms with Crippen LogP contribution < -0.4 is 5.32 Å². The lowest BCUT2D eigenvalue weighted by Crippen LogP contribution is -2.17. The first kappa shape index (κ1) is 11.8. The first-order valence-electron chi connectivity index (χ1n) is 6.04. The van der Waals surface area contributed by atoms with Crippen molar-refractivity contribution in [2.75, 3.05) is 6.54 Å². The Balaban J connectivity index is 1.89. The Morgan fingerprint density at radius 1 is 1.06 bits per heavy atom. The van der Waals surface area contributed by atoms with Crippen molar-refractivity contribution in [1.82, 2.24) is 5.32 Å². The number of benzene rings is 2. The van der Waals surface area contributed by atoms with Crippen LogP contribution >= 0.6 is 11.8 Å². The van der Waals surface area contributed by atoms with Crippen LogP contribution in [0.4, 0.5) is 4.39 Å². The first-order chi connectivity index (χ1) is 8.83. The normalized spacial score (nSPS) is 19.1. The molecule has 2 aromatic carbocycles. The fraction of sp³-hybridized carbons (Fsp3) is 0.200. The summed E-state index contributed by atoms with van der Waals surface area (Å²) in [7, 11) is 0. The van der Waals surface area contributed by atoms with Crippen LogP contribution in [-0.4, -0.2) is 6.54 Å². The van der Waals surface area contributed by atoms with Crippen LogP contribution in [0, 0.1) is 5.82 Å². The van der Waals surface area contributed by atoms with Gasteiger partial charge in [-0.15, -0.1) is 11.8 Å². The Labute approximate surface area is 110 Å². The number of rotatable bonds is 1. The first-order valence-corrected chi connectivity index (χ1v) is 6.91. The third-order valence-corrected chi connectivity index (χ3v) is 4.50. The quantitative estimate of drug-likeness (QED) is 0.837. The van der Waals surface area contributed by atoms with E-state index in [4.69, 9.17) is 0 Å². The maximum atomic E-state index is 13.0. The smallest absolute Gasteiger partial charge is 0.123 e. The molecule has 0 spiro atoms. The van der Waals surface area contributed by atoms with Gasteiger partial charge in [0.15, 0.2) is 0 Å². The molecule has 92 valence electrons. The molecule has 0 bridgehead atoms. The minimum absolute atomic E-state index is 0.175. The van der Waals surface area contributed by atoms with Crippen molar-refractivity contribution in [1.29, 1.82) is 0 Å². The van der Waals surface area contributed by atoms with Crippen LogP contribution in [0.15, 0.2) is 53.4 Å². The molecule has 0 aromatic heterocycles. The lowest BCUT2D eigenvalue weighted by atomic mass is 10.1. The fourth-order valence-electron chi connectivity index (χ4n) is 2.16. The Morgan fingerprint density at radius 3 is 2.67 bits per heavy atom. The number of thioether (sulfide) groups is 1. The maximum Gasteiger partial charge on any atom is 0.123 e. The van der Waals surface area contributed by atoms with Gasteiger partial charge in [0.2, 0.25) is 0 Å². The van der Waals surface area contributed by atoms with E-state index in [0.29, 0.717) is 5.25 Å². The molecule has 18 heavy (non-hydrogen) atoms. The molecule has 1 unspecified atom stereocenters. The van der Waals surface area contributed by atoms with E-state index >= 15 is 0 Å². The summed E-state index contributed by atoms with van der Waals surface area (Å²) in [6, 6.07) is 15.3. The standard InChI is InChI=1S/C15H14FNS/c16-13-7-5-11(6-8-13)15-10-17-9-12-3-1-2-4-14(12)18-15/h1-8,15,17H,9-10H2. The Bertz CT molecular complexity index is 538. The molecule has 1 atom stereocenters. The minimum Gasteiger partial charge on any atom is -0.311 e. The van der Waals surface area contributed by atoms with E-state index in [2.05, 4.69) is 29.6 Å². The third-order valence-electron chi connectivity index (χ3n) is 3.13. The molecular formula is C15H14FNS. The molecule has 1 nitrogen and oxygen atoms in total. The number of halogens is 1. The summed E-state index contributed by atoms with van der Waals surface area (Å²) < 4.78 is 13.0. The highest BCUT2D eigenvalue weighted by atomic mass is 32.2. The van der Waals surface area contributed by atoms with Gasteiger partial charge in [0.25, 0.3) is 0 Å². The van der Waals surface area contributed by atoms with Crippen molar-refractivity contribution >= 4 is 11.8 Å². The van der Waals surface area contributed by atoms with Crippen molar-refractivity contribution in [2.24, 2.45) is 0 Å². The van der Waals surface area contributed by atoms with Gasteiger partial charge < -0.3 is 5.32 Å². The third kappa shape index (κ3) is 2.42. The molecule has 3 heteroatoms.